The van der Waals surface area contributed by atoms with Crippen LogP contribution in [0.3, 0.4) is 0 Å². The number of sulfone groups is 1. The average molecular weight is 444 g/mol. The fraction of sp³-hybridized carbons (Fsp3) is 0.348. The molecule has 0 aliphatic rings. The molecule has 0 radical (unpaired) electrons. The Morgan fingerprint density at radius 1 is 1.10 bits per heavy atom. The molecule has 0 bridgehead atoms. The summed E-state index contributed by atoms with van der Waals surface area (Å²) in [6, 6.07) is 13.9. The average Bonchev–Trinajstić information content (AvgIpc) is 2.77. The number of carbonyl (C=O) groups excluding carboxylic acids is 1. The first-order valence-electron chi connectivity index (χ1n) is 10.1. The van der Waals surface area contributed by atoms with Gasteiger partial charge in [-0.2, -0.15) is 10.2 Å². The van der Waals surface area contributed by atoms with E-state index < -0.39 is 15.8 Å². The molecule has 2 aromatic carbocycles. The third-order valence-electron chi connectivity index (χ3n) is 4.81. The predicted octanol–water partition coefficient (Wildman–Crippen LogP) is 5.09. The van der Waals surface area contributed by atoms with Crippen LogP contribution in [0.5, 0.6) is 0 Å². The van der Waals surface area contributed by atoms with Gasteiger partial charge in [-0.05, 0) is 54.4 Å². The topological polar surface area (TPSA) is 88.4 Å². The molecular weight excluding hydrogens is 414 g/mol. The second-order valence-corrected chi connectivity index (χ2v) is 9.33. The van der Waals surface area contributed by atoms with Gasteiger partial charge in [0.1, 0.15) is 6.61 Å². The van der Waals surface area contributed by atoms with E-state index in [0.717, 1.165) is 18.2 Å². The normalized spacial score (nSPS) is 12.5. The van der Waals surface area contributed by atoms with Crippen LogP contribution in [0.15, 0.2) is 76.3 Å². The smallest absolute Gasteiger partial charge is 0.330 e. The fourth-order valence-corrected chi connectivity index (χ4v) is 4.40. The van der Waals surface area contributed by atoms with Gasteiger partial charge in [-0.25, -0.2) is 13.2 Å². The first-order valence-corrected chi connectivity index (χ1v) is 11.8. The summed E-state index contributed by atoms with van der Waals surface area (Å²) in [4.78, 5) is 13.3. The zero-order chi connectivity index (χ0) is 22.9. The van der Waals surface area contributed by atoms with E-state index in [4.69, 9.17) is 4.74 Å². The standard InChI is InChI=1S/C23H29N3O4S/c1-5-18(3)17-31(28,29)22-13-9-20(10-14-22)25-24-19-7-11-21(12-8-19)26(4)15-16-30-23(27)6-2/h6-14,18H,2,5,15-17H2,1,3-4H3. The third kappa shape index (κ3) is 7.64. The van der Waals surface area contributed by atoms with Crippen LogP contribution in [-0.2, 0) is 19.4 Å². The molecule has 0 aliphatic heterocycles. The number of hydrogen-bond donors (Lipinski definition) is 0. The van der Waals surface area contributed by atoms with Crippen molar-refractivity contribution in [3.8, 4) is 0 Å². The van der Waals surface area contributed by atoms with Gasteiger partial charge in [-0.15, -0.1) is 0 Å². The van der Waals surface area contributed by atoms with Crippen LogP contribution in [-0.4, -0.2) is 40.3 Å². The molecule has 0 N–H and O–H groups in total. The van der Waals surface area contributed by atoms with Gasteiger partial charge in [0.15, 0.2) is 9.84 Å². The Balaban J connectivity index is 1.96. The highest BCUT2D eigenvalue weighted by atomic mass is 32.2. The summed E-state index contributed by atoms with van der Waals surface area (Å²) in [6.45, 7) is 8.09. The summed E-state index contributed by atoms with van der Waals surface area (Å²) in [5, 5.41) is 8.38. The van der Waals surface area contributed by atoms with Crippen LogP contribution in [0.4, 0.5) is 17.1 Å². The number of nitrogens with zero attached hydrogens (tertiary/aromatic N) is 3. The van der Waals surface area contributed by atoms with Crippen molar-refractivity contribution in [2.24, 2.45) is 16.1 Å². The van der Waals surface area contributed by atoms with Crippen molar-refractivity contribution in [2.45, 2.75) is 25.2 Å². The van der Waals surface area contributed by atoms with E-state index in [2.05, 4.69) is 16.8 Å². The highest BCUT2D eigenvalue weighted by Gasteiger charge is 2.17. The van der Waals surface area contributed by atoms with E-state index in [-0.39, 0.29) is 18.3 Å². The molecule has 2 aromatic rings. The van der Waals surface area contributed by atoms with E-state index in [1.54, 1.807) is 24.3 Å². The van der Waals surface area contributed by atoms with E-state index in [1.165, 1.54) is 0 Å². The second-order valence-electron chi connectivity index (χ2n) is 7.30. The fourth-order valence-electron chi connectivity index (χ4n) is 2.67. The van der Waals surface area contributed by atoms with E-state index in [9.17, 15) is 13.2 Å². The minimum atomic E-state index is -3.29. The molecular formula is C23H29N3O4S. The number of ether oxygens (including phenoxy) is 1. The molecule has 2 rings (SSSR count). The zero-order valence-corrected chi connectivity index (χ0v) is 19.0. The molecule has 8 heteroatoms. The number of azo groups is 1. The maximum atomic E-state index is 12.4. The lowest BCUT2D eigenvalue weighted by molar-refractivity contribution is -0.137. The van der Waals surface area contributed by atoms with Crippen LogP contribution >= 0.6 is 0 Å². The molecule has 166 valence electrons. The number of likely N-dealkylation sites (N-methyl/N-ethyl adjacent to an activating group) is 1. The second kappa shape index (κ2) is 11.4. The molecule has 1 atom stereocenters. The molecule has 0 saturated heterocycles. The number of rotatable bonds is 11. The number of anilines is 1. The molecule has 31 heavy (non-hydrogen) atoms. The molecule has 0 fully saturated rings. The summed E-state index contributed by atoms with van der Waals surface area (Å²) in [6.07, 6.45) is 1.96. The van der Waals surface area contributed by atoms with E-state index >= 15 is 0 Å². The largest absolute Gasteiger partial charge is 0.461 e. The van der Waals surface area contributed by atoms with Gasteiger partial charge < -0.3 is 9.64 Å². The molecule has 0 spiro atoms. The summed E-state index contributed by atoms with van der Waals surface area (Å²) in [5.41, 5.74) is 2.20. The molecule has 0 aliphatic carbocycles. The predicted molar refractivity (Wildman–Crippen MR) is 123 cm³/mol. The maximum absolute atomic E-state index is 12.4. The summed E-state index contributed by atoms with van der Waals surface area (Å²) in [5.74, 6) is -0.180. The Kier molecular flexibility index (Phi) is 8.93. The molecule has 1 unspecified atom stereocenters. The van der Waals surface area contributed by atoms with Crippen molar-refractivity contribution in [1.29, 1.82) is 0 Å². The first kappa shape index (κ1) is 24.3. The van der Waals surface area contributed by atoms with Gasteiger partial charge in [0.25, 0.3) is 0 Å². The van der Waals surface area contributed by atoms with Crippen LogP contribution in [0, 0.1) is 5.92 Å². The summed E-state index contributed by atoms with van der Waals surface area (Å²) in [7, 11) is -1.39. The van der Waals surface area contributed by atoms with Gasteiger partial charge in [-0.1, -0.05) is 26.8 Å². The van der Waals surface area contributed by atoms with Crippen molar-refractivity contribution >= 4 is 32.9 Å². The Labute approximate surface area is 184 Å². The maximum Gasteiger partial charge on any atom is 0.330 e. The van der Waals surface area contributed by atoms with Crippen LogP contribution < -0.4 is 4.90 Å². The van der Waals surface area contributed by atoms with E-state index in [1.807, 2.05) is 50.1 Å². The SMILES string of the molecule is C=CC(=O)OCCN(C)c1ccc(N=Nc2ccc(S(=O)(=O)CC(C)CC)cc2)cc1. The van der Waals surface area contributed by atoms with Gasteiger partial charge in [-0.3, -0.25) is 0 Å². The Morgan fingerprint density at radius 3 is 2.16 bits per heavy atom. The number of hydrogen-bond acceptors (Lipinski definition) is 7. The lowest BCUT2D eigenvalue weighted by atomic mass is 10.2. The van der Waals surface area contributed by atoms with E-state index in [0.29, 0.717) is 22.8 Å². The molecule has 0 heterocycles. The van der Waals surface area contributed by atoms with Crippen molar-refractivity contribution in [1.82, 2.24) is 0 Å². The monoisotopic (exact) mass is 443 g/mol. The number of carbonyl (C=O) groups is 1. The Hall–Kier alpha value is -3.00. The van der Waals surface area contributed by atoms with Crippen molar-refractivity contribution in [3.05, 3.63) is 61.2 Å². The minimum absolute atomic E-state index is 0.119. The summed E-state index contributed by atoms with van der Waals surface area (Å²) < 4.78 is 29.8. The highest BCUT2D eigenvalue weighted by molar-refractivity contribution is 7.91. The Morgan fingerprint density at radius 2 is 1.65 bits per heavy atom. The molecule has 0 aromatic heterocycles. The number of esters is 1. The minimum Gasteiger partial charge on any atom is -0.461 e. The zero-order valence-electron chi connectivity index (χ0n) is 18.2. The van der Waals surface area contributed by atoms with Gasteiger partial charge in [0.05, 0.1) is 28.6 Å². The van der Waals surface area contributed by atoms with Crippen molar-refractivity contribution in [3.63, 3.8) is 0 Å². The third-order valence-corrected chi connectivity index (χ3v) is 6.80. The van der Waals surface area contributed by atoms with Gasteiger partial charge in [0.2, 0.25) is 0 Å². The van der Waals surface area contributed by atoms with Crippen molar-refractivity contribution in [2.75, 3.05) is 30.9 Å². The first-order chi connectivity index (χ1) is 14.7. The van der Waals surface area contributed by atoms with Crippen LogP contribution in [0.25, 0.3) is 0 Å². The molecule has 0 amide bonds. The molecule has 0 saturated carbocycles. The molecule has 7 nitrogen and oxygen atoms in total. The number of benzene rings is 2. The Bertz CT molecular complexity index is 1000. The van der Waals surface area contributed by atoms with Crippen LogP contribution in [0.1, 0.15) is 20.3 Å². The quantitative estimate of drug-likeness (QED) is 0.274. The van der Waals surface area contributed by atoms with Gasteiger partial charge in [0, 0.05) is 18.8 Å². The van der Waals surface area contributed by atoms with Crippen molar-refractivity contribution < 1.29 is 17.9 Å². The highest BCUT2D eigenvalue weighted by Crippen LogP contribution is 2.23. The van der Waals surface area contributed by atoms with Gasteiger partial charge >= 0.3 is 5.97 Å². The lowest BCUT2D eigenvalue weighted by Gasteiger charge is -2.18. The lowest BCUT2D eigenvalue weighted by Crippen LogP contribution is -2.23. The summed E-state index contributed by atoms with van der Waals surface area (Å²) >= 11 is 0. The van der Waals surface area contributed by atoms with Crippen LogP contribution in [0.2, 0.25) is 0 Å².